The molecular weight excluding hydrogens is 416 g/mol. The lowest BCUT2D eigenvalue weighted by atomic mass is 10.1. The van der Waals surface area contributed by atoms with Gasteiger partial charge >= 0.3 is 0 Å². The molecule has 2 aromatic heterocycles. The van der Waals surface area contributed by atoms with E-state index >= 15 is 0 Å². The van der Waals surface area contributed by atoms with E-state index in [0.717, 1.165) is 50.7 Å². The van der Waals surface area contributed by atoms with Crippen LogP contribution < -0.4 is 15.4 Å². The van der Waals surface area contributed by atoms with Crippen LogP contribution in [0.2, 0.25) is 0 Å². The standard InChI is InChI=1S/C25H24N6O2/c1-15-12-18(6-9-22(15)33-23-8-4-16(2)29-17(23)3)30-24-20-13-19(31-25-26-10-11-32-25)5-7-21(20)27-14-28-24/h4-9,12-14H,10-11H2,1-3H3,(H,26,31)(H,27,28,30). The van der Waals surface area contributed by atoms with E-state index in [1.165, 1.54) is 0 Å². The van der Waals surface area contributed by atoms with Crippen molar-refractivity contribution in [1.29, 1.82) is 0 Å². The summed E-state index contributed by atoms with van der Waals surface area (Å²) in [6.07, 6.45) is 1.55. The fourth-order valence-electron chi connectivity index (χ4n) is 3.65. The number of amidine groups is 1. The second-order valence-electron chi connectivity index (χ2n) is 7.86. The van der Waals surface area contributed by atoms with Gasteiger partial charge in [-0.05, 0) is 74.9 Å². The summed E-state index contributed by atoms with van der Waals surface area (Å²) in [5.41, 5.74) is 5.43. The number of pyridine rings is 1. The van der Waals surface area contributed by atoms with Gasteiger partial charge in [-0.3, -0.25) is 4.98 Å². The van der Waals surface area contributed by atoms with E-state index in [2.05, 4.69) is 30.6 Å². The van der Waals surface area contributed by atoms with Crippen LogP contribution in [0.15, 0.2) is 59.9 Å². The SMILES string of the molecule is Cc1ccc(Oc2ccc(Nc3ncnc4ccc(NC5=NCCO5)cc34)cc2C)c(C)n1. The summed E-state index contributed by atoms with van der Waals surface area (Å²) in [6.45, 7) is 7.20. The van der Waals surface area contributed by atoms with Gasteiger partial charge in [-0.2, -0.15) is 0 Å². The molecule has 5 rings (SSSR count). The van der Waals surface area contributed by atoms with Crippen molar-refractivity contribution in [2.75, 3.05) is 23.8 Å². The number of nitrogens with one attached hydrogen (secondary N) is 2. The van der Waals surface area contributed by atoms with Gasteiger partial charge in [0.05, 0.1) is 17.8 Å². The van der Waals surface area contributed by atoms with Crippen molar-refractivity contribution in [3.05, 3.63) is 71.8 Å². The van der Waals surface area contributed by atoms with Crippen LogP contribution in [0, 0.1) is 20.8 Å². The maximum absolute atomic E-state index is 6.10. The Bertz CT molecular complexity index is 1370. The number of hydrogen-bond acceptors (Lipinski definition) is 8. The maximum atomic E-state index is 6.10. The first-order valence-corrected chi connectivity index (χ1v) is 10.7. The zero-order valence-corrected chi connectivity index (χ0v) is 18.7. The van der Waals surface area contributed by atoms with Crippen molar-refractivity contribution in [3.8, 4) is 11.5 Å². The molecule has 166 valence electrons. The summed E-state index contributed by atoms with van der Waals surface area (Å²) in [4.78, 5) is 17.6. The van der Waals surface area contributed by atoms with Gasteiger partial charge in [0.1, 0.15) is 30.3 Å². The van der Waals surface area contributed by atoms with Crippen LogP contribution in [-0.4, -0.2) is 34.1 Å². The normalized spacial score (nSPS) is 12.9. The Morgan fingerprint density at radius 2 is 1.70 bits per heavy atom. The number of anilines is 3. The van der Waals surface area contributed by atoms with Crippen molar-refractivity contribution in [3.63, 3.8) is 0 Å². The van der Waals surface area contributed by atoms with Gasteiger partial charge in [-0.25, -0.2) is 15.0 Å². The Hall–Kier alpha value is -4.20. The molecule has 0 atom stereocenters. The Labute approximate surface area is 191 Å². The maximum Gasteiger partial charge on any atom is 0.289 e. The van der Waals surface area contributed by atoms with Gasteiger partial charge in [0.25, 0.3) is 6.02 Å². The molecule has 0 saturated carbocycles. The Kier molecular flexibility index (Phi) is 5.48. The molecule has 0 saturated heterocycles. The van der Waals surface area contributed by atoms with Crippen molar-refractivity contribution >= 4 is 34.1 Å². The summed E-state index contributed by atoms with van der Waals surface area (Å²) < 4.78 is 11.6. The van der Waals surface area contributed by atoms with Gasteiger partial charge in [-0.1, -0.05) is 0 Å². The monoisotopic (exact) mass is 440 g/mol. The largest absolute Gasteiger partial charge is 0.463 e. The first-order valence-electron chi connectivity index (χ1n) is 10.7. The van der Waals surface area contributed by atoms with Crippen LogP contribution in [-0.2, 0) is 4.74 Å². The van der Waals surface area contributed by atoms with Crippen LogP contribution >= 0.6 is 0 Å². The molecule has 2 aromatic carbocycles. The van der Waals surface area contributed by atoms with Crippen LogP contribution in [0.5, 0.6) is 11.5 Å². The van der Waals surface area contributed by atoms with Gasteiger partial charge in [-0.15, -0.1) is 0 Å². The third kappa shape index (κ3) is 4.55. The number of hydrogen-bond donors (Lipinski definition) is 2. The van der Waals surface area contributed by atoms with Crippen molar-refractivity contribution in [2.24, 2.45) is 4.99 Å². The number of aliphatic imine (C=N–C) groups is 1. The van der Waals surface area contributed by atoms with Crippen LogP contribution in [0.4, 0.5) is 17.2 Å². The first-order chi connectivity index (χ1) is 16.0. The van der Waals surface area contributed by atoms with Gasteiger partial charge in [0, 0.05) is 22.5 Å². The minimum Gasteiger partial charge on any atom is -0.463 e. The molecule has 0 radical (unpaired) electrons. The van der Waals surface area contributed by atoms with Gasteiger partial charge in [0.2, 0.25) is 0 Å². The highest BCUT2D eigenvalue weighted by atomic mass is 16.5. The molecule has 0 unspecified atom stereocenters. The summed E-state index contributed by atoms with van der Waals surface area (Å²) in [5, 5.41) is 7.49. The molecule has 8 nitrogen and oxygen atoms in total. The zero-order chi connectivity index (χ0) is 22.8. The van der Waals surface area contributed by atoms with E-state index in [-0.39, 0.29) is 0 Å². The lowest BCUT2D eigenvalue weighted by molar-refractivity contribution is 0.346. The van der Waals surface area contributed by atoms with Crippen LogP contribution in [0.3, 0.4) is 0 Å². The Balaban J connectivity index is 1.39. The number of ether oxygens (including phenoxy) is 2. The van der Waals surface area contributed by atoms with E-state index in [4.69, 9.17) is 9.47 Å². The van der Waals surface area contributed by atoms with E-state index in [1.807, 2.05) is 69.3 Å². The molecule has 3 heterocycles. The molecule has 0 spiro atoms. The average molecular weight is 441 g/mol. The first kappa shape index (κ1) is 20.7. The van der Waals surface area contributed by atoms with E-state index in [9.17, 15) is 0 Å². The van der Waals surface area contributed by atoms with E-state index in [1.54, 1.807) is 6.33 Å². The average Bonchev–Trinajstić information content (AvgIpc) is 3.31. The molecule has 2 N–H and O–H groups in total. The molecule has 4 aromatic rings. The number of nitrogens with zero attached hydrogens (tertiary/aromatic N) is 4. The molecule has 0 amide bonds. The quantitative estimate of drug-likeness (QED) is 0.436. The smallest absolute Gasteiger partial charge is 0.289 e. The fourth-order valence-corrected chi connectivity index (χ4v) is 3.65. The molecule has 0 fully saturated rings. The Morgan fingerprint density at radius 3 is 2.48 bits per heavy atom. The molecule has 0 aliphatic carbocycles. The van der Waals surface area contributed by atoms with Gasteiger partial charge < -0.3 is 20.1 Å². The predicted octanol–water partition coefficient (Wildman–Crippen LogP) is 5.28. The second-order valence-corrected chi connectivity index (χ2v) is 7.86. The lowest BCUT2D eigenvalue weighted by Crippen LogP contribution is -2.11. The van der Waals surface area contributed by atoms with E-state index < -0.39 is 0 Å². The molecule has 1 aliphatic rings. The predicted molar refractivity (Wildman–Crippen MR) is 130 cm³/mol. The number of aromatic nitrogens is 3. The summed E-state index contributed by atoms with van der Waals surface area (Å²) in [7, 11) is 0. The number of benzene rings is 2. The van der Waals surface area contributed by atoms with Crippen LogP contribution in [0.25, 0.3) is 10.9 Å². The highest BCUT2D eigenvalue weighted by Crippen LogP contribution is 2.31. The highest BCUT2D eigenvalue weighted by molar-refractivity contribution is 5.97. The molecule has 1 aliphatic heterocycles. The third-order valence-corrected chi connectivity index (χ3v) is 5.31. The summed E-state index contributed by atoms with van der Waals surface area (Å²) >= 11 is 0. The molecule has 8 heteroatoms. The minimum absolute atomic E-state index is 0.533. The second kappa shape index (κ2) is 8.74. The van der Waals surface area contributed by atoms with Crippen molar-refractivity contribution in [2.45, 2.75) is 20.8 Å². The summed E-state index contributed by atoms with van der Waals surface area (Å²) in [5.74, 6) is 2.25. The van der Waals surface area contributed by atoms with E-state index in [0.29, 0.717) is 25.0 Å². The molecule has 0 bridgehead atoms. The van der Waals surface area contributed by atoms with Crippen molar-refractivity contribution < 1.29 is 9.47 Å². The fraction of sp³-hybridized carbons (Fsp3) is 0.200. The number of rotatable bonds is 5. The number of fused-ring (bicyclic) bond motifs is 1. The van der Waals surface area contributed by atoms with Crippen molar-refractivity contribution in [1.82, 2.24) is 15.0 Å². The third-order valence-electron chi connectivity index (χ3n) is 5.31. The lowest BCUT2D eigenvalue weighted by Gasteiger charge is -2.14. The number of aryl methyl sites for hydroxylation is 3. The van der Waals surface area contributed by atoms with Crippen LogP contribution in [0.1, 0.15) is 17.0 Å². The zero-order valence-electron chi connectivity index (χ0n) is 18.7. The topological polar surface area (TPSA) is 93.6 Å². The Morgan fingerprint density at radius 1 is 0.879 bits per heavy atom. The van der Waals surface area contributed by atoms with Gasteiger partial charge in [0.15, 0.2) is 0 Å². The minimum atomic E-state index is 0.533. The summed E-state index contributed by atoms with van der Waals surface area (Å²) in [6, 6.07) is 16.3. The molecular formula is C25H24N6O2. The molecule has 33 heavy (non-hydrogen) atoms. The highest BCUT2D eigenvalue weighted by Gasteiger charge is 2.11.